The van der Waals surface area contributed by atoms with Gasteiger partial charge in [-0.3, -0.25) is 0 Å². The Labute approximate surface area is 201 Å². The molecule has 1 heterocycles. The molecule has 2 bridgehead atoms. The number of carbonyl (C=O) groups excluding carboxylic acids is 1. The first-order chi connectivity index (χ1) is 16.7. The highest BCUT2D eigenvalue weighted by molar-refractivity contribution is 5.89. The molecule has 0 saturated heterocycles. The maximum absolute atomic E-state index is 13.6. The molecule has 35 heavy (non-hydrogen) atoms. The van der Waals surface area contributed by atoms with Gasteiger partial charge < -0.3 is 15.2 Å². The van der Waals surface area contributed by atoms with Crippen molar-refractivity contribution in [3.05, 3.63) is 66.0 Å². The van der Waals surface area contributed by atoms with Crippen molar-refractivity contribution in [1.82, 2.24) is 20.1 Å². The lowest BCUT2D eigenvalue weighted by Gasteiger charge is -2.52. The quantitative estimate of drug-likeness (QED) is 0.474. The maximum Gasteiger partial charge on any atom is 0.417 e. The number of rotatable bonds is 5. The Balaban J connectivity index is 1.28. The number of urea groups is 1. The van der Waals surface area contributed by atoms with E-state index in [1.54, 1.807) is 17.7 Å². The average Bonchev–Trinajstić information content (AvgIpc) is 3.26. The molecule has 3 aromatic rings. The molecule has 0 atom stereocenters. The number of fused-ring (bicyclic) bond motifs is 3. The Morgan fingerprint density at radius 2 is 1.57 bits per heavy atom. The molecule has 3 aliphatic carbocycles. The van der Waals surface area contributed by atoms with Crippen LogP contribution < -0.4 is 10.6 Å². The van der Waals surface area contributed by atoms with Crippen LogP contribution in [0.4, 0.5) is 23.7 Å². The van der Waals surface area contributed by atoms with Gasteiger partial charge >= 0.3 is 12.2 Å². The molecule has 2 amide bonds. The fourth-order valence-corrected chi connectivity index (χ4v) is 5.78. The molecule has 9 heteroatoms. The highest BCUT2D eigenvalue weighted by atomic mass is 19.4. The van der Waals surface area contributed by atoms with Crippen molar-refractivity contribution in [2.75, 3.05) is 11.9 Å². The molecule has 0 aliphatic heterocycles. The minimum atomic E-state index is -4.46. The molecule has 2 N–H and O–H groups in total. The van der Waals surface area contributed by atoms with Crippen molar-refractivity contribution >= 4 is 11.7 Å². The van der Waals surface area contributed by atoms with E-state index in [1.807, 2.05) is 30.3 Å². The number of carbonyl (C=O) groups is 1. The third-order valence-corrected chi connectivity index (χ3v) is 7.88. The van der Waals surface area contributed by atoms with Crippen LogP contribution in [-0.4, -0.2) is 27.3 Å². The monoisotopic (exact) mass is 483 g/mol. The van der Waals surface area contributed by atoms with E-state index < -0.39 is 11.7 Å². The molecule has 6 rings (SSSR count). The third kappa shape index (κ3) is 4.39. The Morgan fingerprint density at radius 3 is 2.23 bits per heavy atom. The third-order valence-electron chi connectivity index (χ3n) is 7.88. The summed E-state index contributed by atoms with van der Waals surface area (Å²) in [4.78, 5) is 12.4. The van der Waals surface area contributed by atoms with E-state index in [-0.39, 0.29) is 28.2 Å². The minimum Gasteiger partial charge on any atom is -0.337 e. The second kappa shape index (κ2) is 8.70. The topological polar surface area (TPSA) is 71.8 Å². The lowest BCUT2D eigenvalue weighted by atomic mass is 9.53. The van der Waals surface area contributed by atoms with E-state index in [4.69, 9.17) is 0 Å². The number of halogens is 3. The summed E-state index contributed by atoms with van der Waals surface area (Å²) in [5, 5.41) is 14.5. The van der Waals surface area contributed by atoms with Crippen LogP contribution in [0.25, 0.3) is 11.4 Å². The Kier molecular flexibility index (Phi) is 5.81. The van der Waals surface area contributed by atoms with Crippen molar-refractivity contribution in [1.29, 1.82) is 0 Å². The van der Waals surface area contributed by atoms with E-state index in [9.17, 15) is 18.0 Å². The first-order valence-electron chi connectivity index (χ1n) is 11.9. The second-order valence-corrected chi connectivity index (χ2v) is 9.90. The van der Waals surface area contributed by atoms with Gasteiger partial charge in [-0.05, 0) is 62.1 Å². The number of nitrogens with one attached hydrogen (secondary N) is 2. The summed E-state index contributed by atoms with van der Waals surface area (Å²) >= 11 is 0. The number of nitrogens with zero attached hydrogens (tertiary/aromatic N) is 3. The van der Waals surface area contributed by atoms with Crippen LogP contribution in [0, 0.1) is 5.41 Å². The molecule has 0 spiro atoms. The first-order valence-corrected chi connectivity index (χ1v) is 11.9. The van der Waals surface area contributed by atoms with Crippen molar-refractivity contribution in [3.63, 3.8) is 0 Å². The lowest BCUT2D eigenvalue weighted by Crippen LogP contribution is -2.50. The highest BCUT2D eigenvalue weighted by Gasteiger charge is 2.51. The van der Waals surface area contributed by atoms with Crippen LogP contribution in [0.3, 0.4) is 0 Å². The fourth-order valence-electron chi connectivity index (χ4n) is 5.78. The number of amides is 2. The van der Waals surface area contributed by atoms with Crippen molar-refractivity contribution < 1.29 is 18.0 Å². The van der Waals surface area contributed by atoms with Gasteiger partial charge in [0.25, 0.3) is 0 Å². The summed E-state index contributed by atoms with van der Waals surface area (Å²) in [5.74, 6) is 0.997. The standard InChI is InChI=1S/C26H28F3N5O/c1-34-21(19-9-5-6-10-20(19)26(27,28)29)32-33-22(34)25-14-11-24(12-15-25,13-16-25)17-30-23(35)31-18-7-3-2-4-8-18/h2-10H,11-17H2,1H3,(H2,30,31,35). The molecule has 184 valence electrons. The molecule has 2 aromatic carbocycles. The molecule has 1 aromatic heterocycles. The molecule has 0 unspecified atom stereocenters. The number of para-hydroxylation sites is 1. The van der Waals surface area contributed by atoms with Crippen LogP contribution in [-0.2, 0) is 18.6 Å². The number of anilines is 1. The highest BCUT2D eigenvalue weighted by Crippen LogP contribution is 2.57. The lowest BCUT2D eigenvalue weighted by molar-refractivity contribution is -0.137. The minimum absolute atomic E-state index is 0.0418. The molecule has 3 fully saturated rings. The summed E-state index contributed by atoms with van der Waals surface area (Å²) < 4.78 is 42.5. The number of benzene rings is 2. The van der Waals surface area contributed by atoms with Crippen LogP contribution in [0.1, 0.15) is 49.9 Å². The SMILES string of the molecule is Cn1c(-c2ccccc2C(F)(F)F)nnc1C12CCC(CNC(=O)Nc3ccccc3)(CC1)CC2. The Morgan fingerprint density at radius 1 is 0.943 bits per heavy atom. The molecule has 6 nitrogen and oxygen atoms in total. The van der Waals surface area contributed by atoms with E-state index in [2.05, 4.69) is 20.8 Å². The normalized spacial score (nSPS) is 23.8. The Hall–Kier alpha value is -3.36. The van der Waals surface area contributed by atoms with Crippen molar-refractivity contribution in [2.24, 2.45) is 12.5 Å². The van der Waals surface area contributed by atoms with Gasteiger partial charge in [-0.15, -0.1) is 10.2 Å². The molecular weight excluding hydrogens is 455 g/mol. The van der Waals surface area contributed by atoms with Crippen LogP contribution in [0.2, 0.25) is 0 Å². The van der Waals surface area contributed by atoms with E-state index >= 15 is 0 Å². The largest absolute Gasteiger partial charge is 0.417 e. The predicted octanol–water partition coefficient (Wildman–Crippen LogP) is 5.91. The van der Waals surface area contributed by atoms with Gasteiger partial charge in [0, 0.05) is 30.3 Å². The van der Waals surface area contributed by atoms with Gasteiger partial charge in [0.2, 0.25) is 0 Å². The van der Waals surface area contributed by atoms with Crippen LogP contribution in [0.15, 0.2) is 54.6 Å². The zero-order valence-corrected chi connectivity index (χ0v) is 19.5. The first kappa shape index (κ1) is 23.4. The van der Waals surface area contributed by atoms with Gasteiger partial charge in [0.15, 0.2) is 5.82 Å². The maximum atomic E-state index is 13.6. The summed E-state index contributed by atoms with van der Waals surface area (Å²) in [6, 6.07) is 14.6. The van der Waals surface area contributed by atoms with Crippen molar-refractivity contribution in [2.45, 2.75) is 50.1 Å². The summed E-state index contributed by atoms with van der Waals surface area (Å²) in [6.07, 6.45) is 0.960. The van der Waals surface area contributed by atoms with Gasteiger partial charge in [-0.2, -0.15) is 13.2 Å². The number of aromatic nitrogens is 3. The molecule has 0 radical (unpaired) electrons. The molecule has 3 aliphatic rings. The second-order valence-electron chi connectivity index (χ2n) is 9.90. The summed E-state index contributed by atoms with van der Waals surface area (Å²) in [5.41, 5.74) is -0.0571. The predicted molar refractivity (Wildman–Crippen MR) is 127 cm³/mol. The zero-order chi connectivity index (χ0) is 24.7. The van der Waals surface area contributed by atoms with Crippen LogP contribution >= 0.6 is 0 Å². The Bertz CT molecular complexity index is 1200. The fraction of sp³-hybridized carbons (Fsp3) is 0.423. The van der Waals surface area contributed by atoms with Gasteiger partial charge in [-0.25, -0.2) is 4.79 Å². The number of hydrogen-bond donors (Lipinski definition) is 2. The summed E-state index contributed by atoms with van der Waals surface area (Å²) in [6.45, 7) is 0.602. The van der Waals surface area contributed by atoms with E-state index in [0.717, 1.165) is 56.1 Å². The molecule has 3 saturated carbocycles. The zero-order valence-electron chi connectivity index (χ0n) is 19.5. The van der Waals surface area contributed by atoms with Crippen LogP contribution in [0.5, 0.6) is 0 Å². The van der Waals surface area contributed by atoms with E-state index in [1.165, 1.54) is 12.1 Å². The van der Waals surface area contributed by atoms with Gasteiger partial charge in [-0.1, -0.05) is 36.4 Å². The number of hydrogen-bond acceptors (Lipinski definition) is 3. The van der Waals surface area contributed by atoms with E-state index in [0.29, 0.717) is 6.54 Å². The smallest absolute Gasteiger partial charge is 0.337 e. The average molecular weight is 484 g/mol. The van der Waals surface area contributed by atoms with Gasteiger partial charge in [0.05, 0.1) is 5.56 Å². The van der Waals surface area contributed by atoms with Gasteiger partial charge in [0.1, 0.15) is 5.82 Å². The molecular formula is C26H28F3N5O. The summed E-state index contributed by atoms with van der Waals surface area (Å²) in [7, 11) is 1.76. The van der Waals surface area contributed by atoms with Crippen molar-refractivity contribution in [3.8, 4) is 11.4 Å². The number of alkyl halides is 3.